The van der Waals surface area contributed by atoms with Crippen molar-refractivity contribution in [3.05, 3.63) is 35.9 Å². The first-order chi connectivity index (χ1) is 12.1. The van der Waals surface area contributed by atoms with Gasteiger partial charge >= 0.3 is 6.03 Å². The summed E-state index contributed by atoms with van der Waals surface area (Å²) in [6.07, 6.45) is 0.938. The fourth-order valence-corrected chi connectivity index (χ4v) is 3.02. The Morgan fingerprint density at radius 2 is 2.32 bits per heavy atom. The van der Waals surface area contributed by atoms with Crippen LogP contribution in [-0.2, 0) is 13.1 Å². The molecule has 2 aromatic heterocycles. The van der Waals surface area contributed by atoms with Crippen LogP contribution >= 0.6 is 0 Å². The molecule has 0 bridgehead atoms. The summed E-state index contributed by atoms with van der Waals surface area (Å²) in [4.78, 5) is 16.0. The van der Waals surface area contributed by atoms with Crippen molar-refractivity contribution in [2.45, 2.75) is 39.1 Å². The van der Waals surface area contributed by atoms with Crippen LogP contribution in [0.5, 0.6) is 0 Å². The van der Waals surface area contributed by atoms with E-state index in [0.29, 0.717) is 43.7 Å². The van der Waals surface area contributed by atoms with E-state index in [4.69, 9.17) is 8.83 Å². The Morgan fingerprint density at radius 1 is 1.48 bits per heavy atom. The Labute approximate surface area is 145 Å². The van der Waals surface area contributed by atoms with Gasteiger partial charge in [0.2, 0.25) is 11.8 Å². The Kier molecular flexibility index (Phi) is 5.34. The first-order valence-electron chi connectivity index (χ1n) is 8.33. The number of aryl methyl sites for hydroxylation is 1. The van der Waals surface area contributed by atoms with Crippen LogP contribution in [0.25, 0.3) is 0 Å². The van der Waals surface area contributed by atoms with Gasteiger partial charge in [0.25, 0.3) is 0 Å². The number of rotatable bonds is 6. The standard InChI is InChI=1S/C16H23N5O4/c1-3-20(10-15-19-18-11(2)25-15)13-8-21(9-14(13)22)16(23)17-7-12-5-4-6-24-12/h4-6,13-14,22H,3,7-10H2,1-2H3,(H,17,23)/t13-,14+/m0/s1. The molecule has 0 saturated carbocycles. The molecular weight excluding hydrogens is 326 g/mol. The maximum absolute atomic E-state index is 12.3. The number of nitrogens with zero attached hydrogens (tertiary/aromatic N) is 4. The minimum atomic E-state index is -0.627. The molecule has 2 amide bonds. The van der Waals surface area contributed by atoms with Crippen molar-refractivity contribution in [2.75, 3.05) is 19.6 Å². The van der Waals surface area contributed by atoms with Crippen LogP contribution in [0.2, 0.25) is 0 Å². The molecule has 2 atom stereocenters. The van der Waals surface area contributed by atoms with Crippen LogP contribution in [0.1, 0.15) is 24.5 Å². The lowest BCUT2D eigenvalue weighted by atomic mass is 10.2. The first-order valence-corrected chi connectivity index (χ1v) is 8.33. The van der Waals surface area contributed by atoms with Gasteiger partial charge in [-0.2, -0.15) is 0 Å². The topological polar surface area (TPSA) is 108 Å². The number of β-amino-alcohol motifs (C(OH)–C–C–N with tert-alkyl or cyclic N) is 1. The lowest BCUT2D eigenvalue weighted by Crippen LogP contribution is -2.43. The number of likely N-dealkylation sites (tertiary alicyclic amines) is 1. The zero-order chi connectivity index (χ0) is 17.8. The number of amides is 2. The van der Waals surface area contributed by atoms with Crippen LogP contribution in [0.15, 0.2) is 27.2 Å². The van der Waals surface area contributed by atoms with Crippen molar-refractivity contribution in [1.82, 2.24) is 25.3 Å². The summed E-state index contributed by atoms with van der Waals surface area (Å²) in [6.45, 7) is 5.92. The third kappa shape index (κ3) is 4.18. The first kappa shape index (κ1) is 17.4. The summed E-state index contributed by atoms with van der Waals surface area (Å²) in [5, 5.41) is 21.0. The number of aliphatic hydroxyl groups is 1. The summed E-state index contributed by atoms with van der Waals surface area (Å²) in [5.41, 5.74) is 0. The highest BCUT2D eigenvalue weighted by Crippen LogP contribution is 2.19. The van der Waals surface area contributed by atoms with Crippen molar-refractivity contribution in [3.8, 4) is 0 Å². The van der Waals surface area contributed by atoms with Gasteiger partial charge in [-0.3, -0.25) is 4.90 Å². The Hall–Kier alpha value is -2.39. The number of urea groups is 1. The Balaban J connectivity index is 1.56. The van der Waals surface area contributed by atoms with E-state index in [1.54, 1.807) is 30.2 Å². The predicted molar refractivity (Wildman–Crippen MR) is 87.4 cm³/mol. The van der Waals surface area contributed by atoms with Crippen molar-refractivity contribution < 1.29 is 18.7 Å². The Bertz CT molecular complexity index is 687. The van der Waals surface area contributed by atoms with Gasteiger partial charge in [0, 0.05) is 20.0 Å². The number of nitrogens with one attached hydrogen (secondary N) is 1. The van der Waals surface area contributed by atoms with Crippen LogP contribution in [0.3, 0.4) is 0 Å². The summed E-state index contributed by atoms with van der Waals surface area (Å²) in [7, 11) is 0. The van der Waals surface area contributed by atoms with Gasteiger partial charge in [0.05, 0.1) is 31.5 Å². The molecule has 0 radical (unpaired) electrons. The van der Waals surface area contributed by atoms with Gasteiger partial charge in [-0.1, -0.05) is 6.92 Å². The van der Waals surface area contributed by atoms with Crippen molar-refractivity contribution >= 4 is 6.03 Å². The van der Waals surface area contributed by atoms with E-state index in [2.05, 4.69) is 15.5 Å². The van der Waals surface area contributed by atoms with Crippen molar-refractivity contribution in [3.63, 3.8) is 0 Å². The largest absolute Gasteiger partial charge is 0.467 e. The molecule has 136 valence electrons. The molecule has 25 heavy (non-hydrogen) atoms. The summed E-state index contributed by atoms with van der Waals surface area (Å²) >= 11 is 0. The van der Waals surface area contributed by atoms with Crippen molar-refractivity contribution in [2.24, 2.45) is 0 Å². The van der Waals surface area contributed by atoms with Crippen LogP contribution in [0.4, 0.5) is 4.79 Å². The maximum Gasteiger partial charge on any atom is 0.317 e. The van der Waals surface area contributed by atoms with Crippen LogP contribution in [-0.4, -0.2) is 62.9 Å². The molecule has 9 nitrogen and oxygen atoms in total. The molecule has 1 saturated heterocycles. The smallest absolute Gasteiger partial charge is 0.317 e. The van der Waals surface area contributed by atoms with Gasteiger partial charge in [-0.25, -0.2) is 4.79 Å². The quantitative estimate of drug-likeness (QED) is 0.792. The average molecular weight is 349 g/mol. The van der Waals surface area contributed by atoms with Gasteiger partial charge in [0.15, 0.2) is 0 Å². The fraction of sp³-hybridized carbons (Fsp3) is 0.562. The zero-order valence-electron chi connectivity index (χ0n) is 14.4. The Morgan fingerprint density at radius 3 is 2.96 bits per heavy atom. The van der Waals surface area contributed by atoms with Crippen LogP contribution < -0.4 is 5.32 Å². The molecular formula is C16H23N5O4. The summed E-state index contributed by atoms with van der Waals surface area (Å²) < 4.78 is 10.6. The van der Waals surface area contributed by atoms with E-state index in [9.17, 15) is 9.90 Å². The number of likely N-dealkylation sites (N-methyl/N-ethyl adjacent to an activating group) is 1. The number of hydrogen-bond donors (Lipinski definition) is 2. The number of hydrogen-bond acceptors (Lipinski definition) is 7. The van der Waals surface area contributed by atoms with E-state index in [1.165, 1.54) is 0 Å². The predicted octanol–water partition coefficient (Wildman–Crippen LogP) is 0.748. The molecule has 3 rings (SSSR count). The average Bonchev–Trinajstić information content (AvgIpc) is 3.32. The molecule has 9 heteroatoms. The molecule has 3 heterocycles. The second kappa shape index (κ2) is 7.66. The van der Waals surface area contributed by atoms with Crippen molar-refractivity contribution in [1.29, 1.82) is 0 Å². The number of aliphatic hydroxyl groups excluding tert-OH is 1. The van der Waals surface area contributed by atoms with Crippen LogP contribution in [0, 0.1) is 6.92 Å². The summed E-state index contributed by atoms with van der Waals surface area (Å²) in [5.74, 6) is 1.70. The third-order valence-electron chi connectivity index (χ3n) is 4.32. The number of carbonyl (C=O) groups is 1. The molecule has 0 aliphatic carbocycles. The summed E-state index contributed by atoms with van der Waals surface area (Å²) in [6, 6.07) is 3.18. The van der Waals surface area contributed by atoms with E-state index >= 15 is 0 Å². The lowest BCUT2D eigenvalue weighted by molar-refractivity contribution is 0.0760. The number of carbonyl (C=O) groups excluding carboxylic acids is 1. The van der Waals surface area contributed by atoms with E-state index in [1.807, 2.05) is 11.8 Å². The molecule has 0 aromatic carbocycles. The van der Waals surface area contributed by atoms with E-state index in [0.717, 1.165) is 0 Å². The second-order valence-corrected chi connectivity index (χ2v) is 6.06. The van der Waals surface area contributed by atoms with E-state index in [-0.39, 0.29) is 18.6 Å². The normalized spacial score (nSPS) is 20.4. The maximum atomic E-state index is 12.3. The molecule has 1 aliphatic rings. The monoisotopic (exact) mass is 349 g/mol. The van der Waals surface area contributed by atoms with Gasteiger partial charge in [0.1, 0.15) is 5.76 Å². The highest BCUT2D eigenvalue weighted by atomic mass is 16.4. The molecule has 0 unspecified atom stereocenters. The third-order valence-corrected chi connectivity index (χ3v) is 4.32. The molecule has 2 N–H and O–H groups in total. The SMILES string of the molecule is CCN(Cc1nnc(C)o1)[C@H]1CN(C(=O)NCc2ccco2)C[C@H]1O. The molecule has 1 aliphatic heterocycles. The van der Waals surface area contributed by atoms with Gasteiger partial charge < -0.3 is 24.2 Å². The molecule has 2 aromatic rings. The highest BCUT2D eigenvalue weighted by molar-refractivity contribution is 5.74. The minimum absolute atomic E-state index is 0.174. The molecule has 0 spiro atoms. The zero-order valence-corrected chi connectivity index (χ0v) is 14.4. The van der Waals surface area contributed by atoms with E-state index < -0.39 is 6.10 Å². The molecule has 1 fully saturated rings. The number of aromatic nitrogens is 2. The highest BCUT2D eigenvalue weighted by Gasteiger charge is 2.37. The minimum Gasteiger partial charge on any atom is -0.467 e. The van der Waals surface area contributed by atoms with Gasteiger partial charge in [-0.15, -0.1) is 10.2 Å². The fourth-order valence-electron chi connectivity index (χ4n) is 3.02. The van der Waals surface area contributed by atoms with Gasteiger partial charge in [-0.05, 0) is 18.7 Å². The lowest BCUT2D eigenvalue weighted by Gasteiger charge is -2.27. The second-order valence-electron chi connectivity index (χ2n) is 6.06. The number of furan rings is 1.